The summed E-state index contributed by atoms with van der Waals surface area (Å²) in [6, 6.07) is 6.21. The molecule has 3 heteroatoms. The molecule has 1 aromatic rings. The third-order valence-electron chi connectivity index (χ3n) is 2.39. The first kappa shape index (κ1) is 11.5. The Balaban J connectivity index is 2.96. The second-order valence-corrected chi connectivity index (χ2v) is 4.20. The molecule has 15 heavy (non-hydrogen) atoms. The van der Waals surface area contributed by atoms with Gasteiger partial charge in [-0.1, -0.05) is 6.92 Å². The van der Waals surface area contributed by atoms with Crippen LogP contribution in [0.1, 0.15) is 32.8 Å². The van der Waals surface area contributed by atoms with E-state index in [2.05, 4.69) is 12.2 Å². The summed E-state index contributed by atoms with van der Waals surface area (Å²) in [5.41, 5.74) is 0.892. The van der Waals surface area contributed by atoms with E-state index in [1.807, 2.05) is 19.9 Å². The lowest BCUT2D eigenvalue weighted by atomic mass is 10.0. The molecule has 0 aliphatic carbocycles. The first-order valence-corrected chi connectivity index (χ1v) is 4.96. The molecule has 0 radical (unpaired) electrons. The topological polar surface area (TPSA) is 35.8 Å². The molecule has 0 heterocycles. The fraction of sp³-hybridized carbons (Fsp3) is 0.417. The Hall–Kier alpha value is -1.56. The molecule has 1 N–H and O–H groups in total. The van der Waals surface area contributed by atoms with E-state index in [4.69, 9.17) is 5.26 Å². The average Bonchev–Trinajstić information content (AvgIpc) is 2.16. The number of benzene rings is 1. The minimum Gasteiger partial charge on any atom is -0.380 e. The molecule has 1 rings (SSSR count). The standard InChI is InChI=1S/C12H15FN2/c1-4-12(2,3)15-11-6-9(8-14)5-10(13)7-11/h5-7,15H,4H2,1-3H3. The lowest BCUT2D eigenvalue weighted by Gasteiger charge is -2.26. The highest BCUT2D eigenvalue weighted by Gasteiger charge is 2.14. The Morgan fingerprint density at radius 2 is 2.07 bits per heavy atom. The molecule has 0 amide bonds. The second kappa shape index (κ2) is 4.31. The molecule has 0 aliphatic rings. The van der Waals surface area contributed by atoms with Crippen molar-refractivity contribution in [2.45, 2.75) is 32.7 Å². The zero-order valence-electron chi connectivity index (χ0n) is 9.26. The van der Waals surface area contributed by atoms with Crippen molar-refractivity contribution in [2.75, 3.05) is 5.32 Å². The Bertz CT molecular complexity index is 391. The third-order valence-corrected chi connectivity index (χ3v) is 2.39. The quantitative estimate of drug-likeness (QED) is 0.823. The summed E-state index contributed by atoms with van der Waals surface area (Å²) in [4.78, 5) is 0. The second-order valence-electron chi connectivity index (χ2n) is 4.20. The number of halogens is 1. The highest BCUT2D eigenvalue weighted by Crippen LogP contribution is 2.20. The summed E-state index contributed by atoms with van der Waals surface area (Å²) in [6.07, 6.45) is 0.922. The van der Waals surface area contributed by atoms with Crippen molar-refractivity contribution >= 4 is 5.69 Å². The molecule has 0 saturated carbocycles. The van der Waals surface area contributed by atoms with Gasteiger partial charge < -0.3 is 5.32 Å². The molecule has 0 aromatic heterocycles. The maximum Gasteiger partial charge on any atom is 0.126 e. The first-order chi connectivity index (χ1) is 6.96. The lowest BCUT2D eigenvalue weighted by Crippen LogP contribution is -2.29. The van der Waals surface area contributed by atoms with E-state index in [1.165, 1.54) is 12.1 Å². The maximum atomic E-state index is 13.1. The van der Waals surface area contributed by atoms with E-state index in [0.717, 1.165) is 6.42 Å². The van der Waals surface area contributed by atoms with Gasteiger partial charge in [0.2, 0.25) is 0 Å². The van der Waals surface area contributed by atoms with Crippen LogP contribution in [-0.2, 0) is 0 Å². The van der Waals surface area contributed by atoms with Gasteiger partial charge in [-0.2, -0.15) is 5.26 Å². The van der Waals surface area contributed by atoms with E-state index >= 15 is 0 Å². The van der Waals surface area contributed by atoms with Gasteiger partial charge in [0.25, 0.3) is 0 Å². The number of anilines is 1. The fourth-order valence-corrected chi connectivity index (χ4v) is 1.21. The smallest absolute Gasteiger partial charge is 0.126 e. The largest absolute Gasteiger partial charge is 0.380 e. The molecule has 0 saturated heterocycles. The summed E-state index contributed by atoms with van der Waals surface area (Å²) in [7, 11) is 0. The summed E-state index contributed by atoms with van der Waals surface area (Å²) in [5.74, 6) is -0.386. The number of nitriles is 1. The molecule has 80 valence electrons. The van der Waals surface area contributed by atoms with Gasteiger partial charge in [-0.15, -0.1) is 0 Å². The third kappa shape index (κ3) is 3.25. The lowest BCUT2D eigenvalue weighted by molar-refractivity contribution is 0.546. The minimum atomic E-state index is -0.386. The van der Waals surface area contributed by atoms with Crippen molar-refractivity contribution < 1.29 is 4.39 Å². The number of hydrogen-bond donors (Lipinski definition) is 1. The van der Waals surface area contributed by atoms with Crippen LogP contribution in [0.15, 0.2) is 18.2 Å². The van der Waals surface area contributed by atoms with Gasteiger partial charge in [-0.05, 0) is 38.5 Å². The van der Waals surface area contributed by atoms with Crippen molar-refractivity contribution in [3.8, 4) is 6.07 Å². The van der Waals surface area contributed by atoms with E-state index in [1.54, 1.807) is 6.07 Å². The Labute approximate surface area is 89.7 Å². The fourth-order valence-electron chi connectivity index (χ4n) is 1.21. The Morgan fingerprint density at radius 3 is 2.60 bits per heavy atom. The summed E-state index contributed by atoms with van der Waals surface area (Å²) in [6.45, 7) is 6.12. The van der Waals surface area contributed by atoms with Gasteiger partial charge in [-0.3, -0.25) is 0 Å². The van der Waals surface area contributed by atoms with Crippen molar-refractivity contribution in [2.24, 2.45) is 0 Å². The van der Waals surface area contributed by atoms with Crippen LogP contribution in [-0.4, -0.2) is 5.54 Å². The average molecular weight is 206 g/mol. The molecule has 0 spiro atoms. The molecular weight excluding hydrogens is 191 g/mol. The van der Waals surface area contributed by atoms with Gasteiger partial charge >= 0.3 is 0 Å². The normalized spacial score (nSPS) is 10.9. The van der Waals surface area contributed by atoms with Crippen LogP contribution in [0.25, 0.3) is 0 Å². The molecular formula is C12H15FN2. The zero-order chi connectivity index (χ0) is 11.5. The summed E-state index contributed by atoms with van der Waals surface area (Å²) >= 11 is 0. The number of rotatable bonds is 3. The molecule has 1 aromatic carbocycles. The Morgan fingerprint density at radius 1 is 1.40 bits per heavy atom. The maximum absolute atomic E-state index is 13.1. The van der Waals surface area contributed by atoms with Gasteiger partial charge in [0.15, 0.2) is 0 Å². The molecule has 0 atom stereocenters. The molecule has 2 nitrogen and oxygen atoms in total. The van der Waals surface area contributed by atoms with E-state index in [-0.39, 0.29) is 11.4 Å². The predicted molar refractivity (Wildman–Crippen MR) is 59.1 cm³/mol. The van der Waals surface area contributed by atoms with E-state index in [0.29, 0.717) is 11.3 Å². The van der Waals surface area contributed by atoms with Crippen LogP contribution in [0.3, 0.4) is 0 Å². The minimum absolute atomic E-state index is 0.0967. The van der Waals surface area contributed by atoms with E-state index < -0.39 is 0 Å². The summed E-state index contributed by atoms with van der Waals surface area (Å²) < 4.78 is 13.1. The van der Waals surface area contributed by atoms with Gasteiger partial charge in [0.05, 0.1) is 11.6 Å². The van der Waals surface area contributed by atoms with Crippen LogP contribution in [0.4, 0.5) is 10.1 Å². The predicted octanol–water partition coefficient (Wildman–Crippen LogP) is 3.30. The SMILES string of the molecule is CCC(C)(C)Nc1cc(F)cc(C#N)c1. The highest BCUT2D eigenvalue weighted by molar-refractivity contribution is 5.51. The van der Waals surface area contributed by atoms with Crippen LogP contribution >= 0.6 is 0 Å². The van der Waals surface area contributed by atoms with Crippen molar-refractivity contribution in [3.63, 3.8) is 0 Å². The van der Waals surface area contributed by atoms with Crippen LogP contribution < -0.4 is 5.32 Å². The highest BCUT2D eigenvalue weighted by atomic mass is 19.1. The zero-order valence-corrected chi connectivity index (χ0v) is 9.26. The molecule has 0 aliphatic heterocycles. The number of nitrogens with zero attached hydrogens (tertiary/aromatic N) is 1. The van der Waals surface area contributed by atoms with Crippen molar-refractivity contribution in [3.05, 3.63) is 29.6 Å². The van der Waals surface area contributed by atoms with Crippen LogP contribution in [0.5, 0.6) is 0 Å². The molecule has 0 unspecified atom stereocenters. The molecule has 0 fully saturated rings. The van der Waals surface area contributed by atoms with Gasteiger partial charge in [0, 0.05) is 11.2 Å². The van der Waals surface area contributed by atoms with Crippen LogP contribution in [0.2, 0.25) is 0 Å². The van der Waals surface area contributed by atoms with E-state index in [9.17, 15) is 4.39 Å². The van der Waals surface area contributed by atoms with Crippen LogP contribution in [0, 0.1) is 17.1 Å². The van der Waals surface area contributed by atoms with Gasteiger partial charge in [0.1, 0.15) is 5.82 Å². The van der Waals surface area contributed by atoms with Crippen molar-refractivity contribution in [1.29, 1.82) is 5.26 Å². The monoisotopic (exact) mass is 206 g/mol. The number of nitrogens with one attached hydrogen (secondary N) is 1. The first-order valence-electron chi connectivity index (χ1n) is 4.96. The molecule has 0 bridgehead atoms. The Kier molecular flexibility index (Phi) is 3.31. The van der Waals surface area contributed by atoms with Crippen molar-refractivity contribution in [1.82, 2.24) is 0 Å². The summed E-state index contributed by atoms with van der Waals surface area (Å²) in [5, 5.41) is 11.9. The van der Waals surface area contributed by atoms with Gasteiger partial charge in [-0.25, -0.2) is 4.39 Å². The number of hydrogen-bond acceptors (Lipinski definition) is 2.